The molecule has 1 aromatic carbocycles. The molecule has 1 aliphatic rings. The summed E-state index contributed by atoms with van der Waals surface area (Å²) in [6.07, 6.45) is 1.12. The largest absolute Gasteiger partial charge is 0.380 e. The van der Waals surface area contributed by atoms with Gasteiger partial charge in [0.2, 0.25) is 0 Å². The highest BCUT2D eigenvalue weighted by Crippen LogP contribution is 2.24. The predicted octanol–water partition coefficient (Wildman–Crippen LogP) is 2.64. The summed E-state index contributed by atoms with van der Waals surface area (Å²) in [7, 11) is 0. The van der Waals surface area contributed by atoms with E-state index in [0.29, 0.717) is 10.7 Å². The van der Waals surface area contributed by atoms with Crippen molar-refractivity contribution in [3.8, 4) is 0 Å². The van der Waals surface area contributed by atoms with E-state index in [9.17, 15) is 0 Å². The van der Waals surface area contributed by atoms with E-state index in [4.69, 9.17) is 4.74 Å². The molecule has 2 unspecified atom stereocenters. The number of hydrogen-bond acceptors (Lipinski definition) is 1. The Morgan fingerprint density at radius 1 is 1.23 bits per heavy atom. The molecule has 0 amide bonds. The molecule has 1 nitrogen and oxygen atoms in total. The molecular formula is C11H13BrO. The fourth-order valence-corrected chi connectivity index (χ4v) is 2.20. The van der Waals surface area contributed by atoms with Gasteiger partial charge in [-0.1, -0.05) is 46.3 Å². The van der Waals surface area contributed by atoms with Gasteiger partial charge in [0.15, 0.2) is 0 Å². The molecule has 2 heteroatoms. The van der Waals surface area contributed by atoms with Crippen LogP contribution >= 0.6 is 15.9 Å². The Morgan fingerprint density at radius 2 is 2.00 bits per heavy atom. The summed E-state index contributed by atoms with van der Waals surface area (Å²) in [6, 6.07) is 10.6. The maximum atomic E-state index is 5.39. The minimum Gasteiger partial charge on any atom is -0.380 e. The number of ether oxygens (including phenoxy) is 1. The van der Waals surface area contributed by atoms with Crippen molar-refractivity contribution >= 4 is 15.9 Å². The van der Waals surface area contributed by atoms with Gasteiger partial charge < -0.3 is 4.74 Å². The van der Waals surface area contributed by atoms with Gasteiger partial charge in [0.25, 0.3) is 0 Å². The quantitative estimate of drug-likeness (QED) is 0.723. The zero-order valence-electron chi connectivity index (χ0n) is 7.45. The van der Waals surface area contributed by atoms with Crippen LogP contribution in [0.1, 0.15) is 5.56 Å². The van der Waals surface area contributed by atoms with Crippen molar-refractivity contribution in [3.63, 3.8) is 0 Å². The minimum atomic E-state index is 0.535. The summed E-state index contributed by atoms with van der Waals surface area (Å²) in [4.78, 5) is 0.535. The number of rotatable bonds is 2. The highest BCUT2D eigenvalue weighted by molar-refractivity contribution is 9.09. The van der Waals surface area contributed by atoms with Crippen molar-refractivity contribution in [1.29, 1.82) is 0 Å². The van der Waals surface area contributed by atoms with Gasteiger partial charge in [-0.25, -0.2) is 0 Å². The van der Waals surface area contributed by atoms with Gasteiger partial charge in [-0.05, 0) is 12.0 Å². The highest BCUT2D eigenvalue weighted by Gasteiger charge is 2.25. The topological polar surface area (TPSA) is 9.23 Å². The van der Waals surface area contributed by atoms with Gasteiger partial charge in [-0.15, -0.1) is 0 Å². The molecule has 1 aromatic rings. The molecule has 0 bridgehead atoms. The summed E-state index contributed by atoms with van der Waals surface area (Å²) in [6.45, 7) is 1.75. The molecule has 13 heavy (non-hydrogen) atoms. The Labute approximate surface area is 87.2 Å². The Kier molecular flexibility index (Phi) is 3.01. The summed E-state index contributed by atoms with van der Waals surface area (Å²) in [5.74, 6) is 0.641. The maximum Gasteiger partial charge on any atom is 0.0595 e. The molecule has 1 saturated heterocycles. The van der Waals surface area contributed by atoms with Crippen molar-refractivity contribution in [2.24, 2.45) is 5.92 Å². The third-order valence-corrected chi connectivity index (χ3v) is 3.47. The zero-order chi connectivity index (χ0) is 9.10. The average molecular weight is 241 g/mol. The summed E-state index contributed by atoms with van der Waals surface area (Å²) in [5.41, 5.74) is 1.41. The van der Waals surface area contributed by atoms with Crippen LogP contribution < -0.4 is 0 Å². The van der Waals surface area contributed by atoms with Gasteiger partial charge >= 0.3 is 0 Å². The van der Waals surface area contributed by atoms with E-state index in [1.807, 2.05) is 0 Å². The van der Waals surface area contributed by atoms with E-state index >= 15 is 0 Å². The van der Waals surface area contributed by atoms with Crippen LogP contribution in [0.15, 0.2) is 30.3 Å². The first kappa shape index (κ1) is 9.22. The number of benzene rings is 1. The summed E-state index contributed by atoms with van der Waals surface area (Å²) in [5, 5.41) is 0. The number of halogens is 1. The second-order valence-electron chi connectivity index (χ2n) is 3.50. The molecule has 0 spiro atoms. The minimum absolute atomic E-state index is 0.535. The Hall–Kier alpha value is -0.340. The third kappa shape index (κ3) is 2.32. The Balaban J connectivity index is 1.98. The lowest BCUT2D eigenvalue weighted by Gasteiger charge is -2.10. The molecule has 1 heterocycles. The van der Waals surface area contributed by atoms with E-state index in [0.717, 1.165) is 19.6 Å². The van der Waals surface area contributed by atoms with E-state index in [1.54, 1.807) is 0 Å². The molecule has 0 saturated carbocycles. The van der Waals surface area contributed by atoms with Crippen LogP contribution in [0.5, 0.6) is 0 Å². The van der Waals surface area contributed by atoms with Crippen LogP contribution in [0, 0.1) is 5.92 Å². The predicted molar refractivity (Wildman–Crippen MR) is 57.2 cm³/mol. The highest BCUT2D eigenvalue weighted by atomic mass is 79.9. The summed E-state index contributed by atoms with van der Waals surface area (Å²) < 4.78 is 5.39. The normalized spacial score (nSPS) is 27.8. The molecule has 70 valence electrons. The molecule has 0 aromatic heterocycles. The standard InChI is InChI=1S/C11H13BrO/c12-11-8-13-7-10(11)6-9-4-2-1-3-5-9/h1-5,10-11H,6-8H2. The first-order chi connectivity index (χ1) is 6.36. The van der Waals surface area contributed by atoms with Crippen molar-refractivity contribution in [1.82, 2.24) is 0 Å². The summed E-state index contributed by atoms with van der Waals surface area (Å²) >= 11 is 3.64. The lowest BCUT2D eigenvalue weighted by atomic mass is 9.99. The van der Waals surface area contributed by atoms with Crippen LogP contribution in [0.2, 0.25) is 0 Å². The smallest absolute Gasteiger partial charge is 0.0595 e. The maximum absolute atomic E-state index is 5.39. The van der Waals surface area contributed by atoms with Crippen molar-refractivity contribution in [2.75, 3.05) is 13.2 Å². The lowest BCUT2D eigenvalue weighted by molar-refractivity contribution is 0.186. The van der Waals surface area contributed by atoms with E-state index in [1.165, 1.54) is 5.56 Å². The van der Waals surface area contributed by atoms with Gasteiger partial charge in [0.1, 0.15) is 0 Å². The second kappa shape index (κ2) is 4.25. The zero-order valence-corrected chi connectivity index (χ0v) is 9.03. The van der Waals surface area contributed by atoms with Gasteiger partial charge in [0, 0.05) is 10.7 Å². The molecule has 1 aliphatic heterocycles. The molecule has 2 rings (SSSR count). The van der Waals surface area contributed by atoms with Gasteiger partial charge in [0.05, 0.1) is 13.2 Å². The van der Waals surface area contributed by atoms with Gasteiger partial charge in [-0.2, -0.15) is 0 Å². The van der Waals surface area contributed by atoms with E-state index in [-0.39, 0.29) is 0 Å². The molecular weight excluding hydrogens is 228 g/mol. The fourth-order valence-electron chi connectivity index (χ4n) is 1.68. The first-order valence-electron chi connectivity index (χ1n) is 4.62. The Bertz CT molecular complexity index is 260. The lowest BCUT2D eigenvalue weighted by Crippen LogP contribution is -2.14. The Morgan fingerprint density at radius 3 is 2.62 bits per heavy atom. The van der Waals surface area contributed by atoms with Crippen LogP contribution in [-0.4, -0.2) is 18.0 Å². The number of alkyl halides is 1. The molecule has 1 fully saturated rings. The monoisotopic (exact) mass is 240 g/mol. The van der Waals surface area contributed by atoms with Crippen molar-refractivity contribution in [2.45, 2.75) is 11.2 Å². The number of hydrogen-bond donors (Lipinski definition) is 0. The van der Waals surface area contributed by atoms with Crippen LogP contribution in [-0.2, 0) is 11.2 Å². The van der Waals surface area contributed by atoms with Crippen LogP contribution in [0.25, 0.3) is 0 Å². The molecule has 2 atom stereocenters. The van der Waals surface area contributed by atoms with Crippen LogP contribution in [0.4, 0.5) is 0 Å². The van der Waals surface area contributed by atoms with Crippen molar-refractivity contribution < 1.29 is 4.74 Å². The molecule has 0 N–H and O–H groups in total. The van der Waals surface area contributed by atoms with Crippen LogP contribution in [0.3, 0.4) is 0 Å². The third-order valence-electron chi connectivity index (χ3n) is 2.46. The van der Waals surface area contributed by atoms with E-state index in [2.05, 4.69) is 46.3 Å². The first-order valence-corrected chi connectivity index (χ1v) is 5.53. The van der Waals surface area contributed by atoms with E-state index < -0.39 is 0 Å². The molecule has 0 radical (unpaired) electrons. The molecule has 0 aliphatic carbocycles. The fraction of sp³-hybridized carbons (Fsp3) is 0.455. The SMILES string of the molecule is BrC1COCC1Cc1ccccc1. The van der Waals surface area contributed by atoms with Crippen molar-refractivity contribution in [3.05, 3.63) is 35.9 Å². The second-order valence-corrected chi connectivity index (χ2v) is 4.68. The van der Waals surface area contributed by atoms with Gasteiger partial charge in [-0.3, -0.25) is 0 Å². The average Bonchev–Trinajstić information content (AvgIpc) is 2.54.